The number of nitrogens with two attached hydrogens (primary N) is 1. The minimum absolute atomic E-state index is 0.103. The van der Waals surface area contributed by atoms with Gasteiger partial charge in [-0.2, -0.15) is 0 Å². The molecule has 0 aliphatic heterocycles. The summed E-state index contributed by atoms with van der Waals surface area (Å²) in [4.78, 5) is 11.7. The number of sulfonamides is 1. The van der Waals surface area contributed by atoms with Crippen molar-refractivity contribution < 1.29 is 17.9 Å². The van der Waals surface area contributed by atoms with Crippen molar-refractivity contribution in [2.75, 3.05) is 27.2 Å². The fourth-order valence-electron chi connectivity index (χ4n) is 2.04. The Labute approximate surface area is 132 Å². The van der Waals surface area contributed by atoms with Crippen molar-refractivity contribution in [2.24, 2.45) is 11.1 Å². The summed E-state index contributed by atoms with van der Waals surface area (Å²) in [6.07, 6.45) is 0. The molecule has 0 saturated heterocycles. The van der Waals surface area contributed by atoms with Gasteiger partial charge in [0.1, 0.15) is 0 Å². The maximum Gasteiger partial charge on any atom is 0.337 e. The van der Waals surface area contributed by atoms with Crippen LogP contribution in [-0.2, 0) is 14.8 Å². The van der Waals surface area contributed by atoms with E-state index in [1.54, 1.807) is 19.1 Å². The lowest BCUT2D eigenvalue weighted by atomic mass is 9.94. The fraction of sp³-hybridized carbons (Fsp3) is 0.533. The average molecular weight is 328 g/mol. The Balaban J connectivity index is 3.25. The van der Waals surface area contributed by atoms with Crippen LogP contribution in [0.2, 0.25) is 0 Å². The van der Waals surface area contributed by atoms with Crippen LogP contribution in [0.4, 0.5) is 0 Å². The van der Waals surface area contributed by atoms with Gasteiger partial charge in [0.15, 0.2) is 0 Å². The third kappa shape index (κ3) is 4.06. The minimum atomic E-state index is -3.71. The molecule has 124 valence electrons. The molecular weight excluding hydrogens is 304 g/mol. The number of rotatable bonds is 6. The second-order valence-electron chi connectivity index (χ2n) is 6.10. The highest BCUT2D eigenvalue weighted by Crippen LogP contribution is 2.24. The zero-order valence-electron chi connectivity index (χ0n) is 13.7. The van der Waals surface area contributed by atoms with Gasteiger partial charge in [0.05, 0.1) is 17.6 Å². The highest BCUT2D eigenvalue weighted by atomic mass is 32.2. The molecule has 0 amide bonds. The first-order valence-corrected chi connectivity index (χ1v) is 8.34. The Hall–Kier alpha value is -1.44. The van der Waals surface area contributed by atoms with Crippen molar-refractivity contribution in [3.8, 4) is 0 Å². The normalized spacial score (nSPS) is 12.5. The molecule has 0 fully saturated rings. The van der Waals surface area contributed by atoms with Crippen LogP contribution < -0.4 is 5.73 Å². The van der Waals surface area contributed by atoms with Gasteiger partial charge in [-0.25, -0.2) is 17.5 Å². The number of nitrogens with zero attached hydrogens (tertiary/aromatic N) is 1. The van der Waals surface area contributed by atoms with Gasteiger partial charge >= 0.3 is 5.97 Å². The molecule has 0 bridgehead atoms. The zero-order chi connectivity index (χ0) is 17.1. The predicted molar refractivity (Wildman–Crippen MR) is 85.2 cm³/mol. The number of aryl methyl sites for hydroxylation is 1. The second kappa shape index (κ2) is 6.76. The van der Waals surface area contributed by atoms with Crippen LogP contribution in [0.1, 0.15) is 29.8 Å². The van der Waals surface area contributed by atoms with E-state index in [9.17, 15) is 13.2 Å². The van der Waals surface area contributed by atoms with Crippen molar-refractivity contribution in [3.05, 3.63) is 29.3 Å². The number of carbonyl (C=O) groups is 1. The lowest BCUT2D eigenvalue weighted by molar-refractivity contribution is 0.0600. The van der Waals surface area contributed by atoms with Gasteiger partial charge in [0.2, 0.25) is 10.0 Å². The molecule has 7 heteroatoms. The highest BCUT2D eigenvalue weighted by Gasteiger charge is 2.29. The third-order valence-corrected chi connectivity index (χ3v) is 5.45. The largest absolute Gasteiger partial charge is 0.465 e. The van der Waals surface area contributed by atoms with Gasteiger partial charge in [-0.05, 0) is 36.6 Å². The highest BCUT2D eigenvalue weighted by molar-refractivity contribution is 7.89. The molecule has 6 nitrogen and oxygen atoms in total. The van der Waals surface area contributed by atoms with Crippen molar-refractivity contribution in [3.63, 3.8) is 0 Å². The van der Waals surface area contributed by atoms with E-state index in [0.29, 0.717) is 12.1 Å². The van der Waals surface area contributed by atoms with Gasteiger partial charge < -0.3 is 10.5 Å². The van der Waals surface area contributed by atoms with E-state index in [1.165, 1.54) is 24.5 Å². The third-order valence-electron chi connectivity index (χ3n) is 3.50. The summed E-state index contributed by atoms with van der Waals surface area (Å²) >= 11 is 0. The van der Waals surface area contributed by atoms with Crippen molar-refractivity contribution in [2.45, 2.75) is 25.7 Å². The van der Waals surface area contributed by atoms with Crippen molar-refractivity contribution >= 4 is 16.0 Å². The summed E-state index contributed by atoms with van der Waals surface area (Å²) in [6, 6.07) is 4.49. The molecule has 0 atom stereocenters. The van der Waals surface area contributed by atoms with E-state index in [0.717, 1.165) is 0 Å². The molecule has 1 aromatic rings. The van der Waals surface area contributed by atoms with Crippen LogP contribution in [0.5, 0.6) is 0 Å². The summed E-state index contributed by atoms with van der Waals surface area (Å²) < 4.78 is 31.4. The molecule has 0 spiro atoms. The topological polar surface area (TPSA) is 89.7 Å². The first-order chi connectivity index (χ1) is 10.0. The molecule has 2 N–H and O–H groups in total. The first kappa shape index (κ1) is 18.6. The Kier molecular flexibility index (Phi) is 5.72. The summed E-state index contributed by atoms with van der Waals surface area (Å²) in [5, 5.41) is 0. The van der Waals surface area contributed by atoms with Gasteiger partial charge in [-0.3, -0.25) is 0 Å². The lowest BCUT2D eigenvalue weighted by Crippen LogP contribution is -2.40. The summed E-state index contributed by atoms with van der Waals surface area (Å²) in [5.41, 5.74) is 6.11. The summed E-state index contributed by atoms with van der Waals surface area (Å²) in [5.74, 6) is -0.568. The standard InChI is InChI=1S/C15H24N2O4S/c1-11-6-7-12(14(18)21-5)8-13(11)22(19,20)17(4)10-15(2,3)9-16/h6-8H,9-10,16H2,1-5H3. The van der Waals surface area contributed by atoms with Crippen LogP contribution in [0, 0.1) is 12.3 Å². The van der Waals surface area contributed by atoms with E-state index in [1.807, 2.05) is 13.8 Å². The number of esters is 1. The van der Waals surface area contributed by atoms with Crippen molar-refractivity contribution in [1.82, 2.24) is 4.31 Å². The smallest absolute Gasteiger partial charge is 0.337 e. The molecule has 0 aliphatic carbocycles. The molecule has 0 aliphatic rings. The van der Waals surface area contributed by atoms with Crippen LogP contribution in [0.15, 0.2) is 23.1 Å². The number of ether oxygens (including phenoxy) is 1. The number of benzene rings is 1. The van der Waals surface area contributed by atoms with Gasteiger partial charge in [0.25, 0.3) is 0 Å². The molecule has 0 radical (unpaired) electrons. The Morgan fingerprint density at radius 3 is 2.45 bits per heavy atom. The predicted octanol–water partition coefficient (Wildman–Crippen LogP) is 1.39. The van der Waals surface area contributed by atoms with E-state index in [-0.39, 0.29) is 22.4 Å². The first-order valence-electron chi connectivity index (χ1n) is 6.90. The molecule has 0 unspecified atom stereocenters. The van der Waals surface area contributed by atoms with Gasteiger partial charge in [0, 0.05) is 13.6 Å². The molecule has 1 rings (SSSR count). The van der Waals surface area contributed by atoms with Crippen LogP contribution >= 0.6 is 0 Å². The SMILES string of the molecule is COC(=O)c1ccc(C)c(S(=O)(=O)N(C)CC(C)(C)CN)c1. The van der Waals surface area contributed by atoms with Crippen molar-refractivity contribution in [1.29, 1.82) is 0 Å². The van der Waals surface area contributed by atoms with Gasteiger partial charge in [-0.15, -0.1) is 0 Å². The molecule has 22 heavy (non-hydrogen) atoms. The monoisotopic (exact) mass is 328 g/mol. The molecule has 0 heterocycles. The van der Waals surface area contributed by atoms with E-state index in [2.05, 4.69) is 4.74 Å². The Morgan fingerprint density at radius 1 is 1.36 bits per heavy atom. The fourth-order valence-corrected chi connectivity index (χ4v) is 3.65. The maximum atomic E-state index is 12.7. The average Bonchev–Trinajstić information content (AvgIpc) is 2.46. The minimum Gasteiger partial charge on any atom is -0.465 e. The van der Waals surface area contributed by atoms with Crippen LogP contribution in [0.25, 0.3) is 0 Å². The molecule has 0 saturated carbocycles. The van der Waals surface area contributed by atoms with E-state index < -0.39 is 16.0 Å². The second-order valence-corrected chi connectivity index (χ2v) is 8.11. The van der Waals surface area contributed by atoms with Gasteiger partial charge in [-0.1, -0.05) is 19.9 Å². The van der Waals surface area contributed by atoms with E-state index >= 15 is 0 Å². The summed E-state index contributed by atoms with van der Waals surface area (Å²) in [6.45, 7) is 6.14. The molecule has 1 aromatic carbocycles. The van der Waals surface area contributed by atoms with Crippen LogP contribution in [-0.4, -0.2) is 45.9 Å². The molecular formula is C15H24N2O4S. The Morgan fingerprint density at radius 2 is 1.95 bits per heavy atom. The number of hydrogen-bond donors (Lipinski definition) is 1. The zero-order valence-corrected chi connectivity index (χ0v) is 14.5. The van der Waals surface area contributed by atoms with E-state index in [4.69, 9.17) is 5.73 Å². The number of hydrogen-bond acceptors (Lipinski definition) is 5. The maximum absolute atomic E-state index is 12.7. The van der Waals surface area contributed by atoms with Crippen LogP contribution in [0.3, 0.4) is 0 Å². The summed E-state index contributed by atoms with van der Waals surface area (Å²) in [7, 11) is -0.940. The number of methoxy groups -OCH3 is 1. The Bertz CT molecular complexity index is 654. The lowest BCUT2D eigenvalue weighted by Gasteiger charge is -2.28. The quantitative estimate of drug-likeness (QED) is 0.797. The number of carbonyl (C=O) groups excluding carboxylic acids is 1. The molecule has 0 aromatic heterocycles.